The van der Waals surface area contributed by atoms with Crippen LogP contribution >= 0.6 is 15.9 Å². The third-order valence-corrected chi connectivity index (χ3v) is 5.68. The maximum atomic E-state index is 12.4. The number of nitrogens with one attached hydrogen (secondary N) is 1. The lowest BCUT2D eigenvalue weighted by Crippen LogP contribution is -2.32. The van der Waals surface area contributed by atoms with Gasteiger partial charge in [-0.1, -0.05) is 0 Å². The van der Waals surface area contributed by atoms with E-state index in [2.05, 4.69) is 20.7 Å². The largest absolute Gasteiger partial charge is 0.377 e. The molecule has 1 unspecified atom stereocenters. The van der Waals surface area contributed by atoms with Crippen LogP contribution in [0.15, 0.2) is 27.6 Å². The number of benzene rings is 1. The lowest BCUT2D eigenvalue weighted by Gasteiger charge is -2.16. The third kappa shape index (κ3) is 4.51. The van der Waals surface area contributed by atoms with Gasteiger partial charge in [-0.3, -0.25) is 9.63 Å². The minimum absolute atomic E-state index is 0.0200. The van der Waals surface area contributed by atoms with E-state index in [-0.39, 0.29) is 23.1 Å². The average molecular weight is 407 g/mol. The van der Waals surface area contributed by atoms with E-state index in [1.165, 1.54) is 32.4 Å². The van der Waals surface area contributed by atoms with Gasteiger partial charge in [0, 0.05) is 24.7 Å². The molecule has 1 aliphatic rings. The Morgan fingerprint density at radius 3 is 2.87 bits per heavy atom. The second kappa shape index (κ2) is 7.71. The van der Waals surface area contributed by atoms with Crippen molar-refractivity contribution >= 4 is 31.9 Å². The van der Waals surface area contributed by atoms with Crippen molar-refractivity contribution < 1.29 is 22.8 Å². The summed E-state index contributed by atoms with van der Waals surface area (Å²) in [7, 11) is -0.909. The molecule has 0 spiro atoms. The second-order valence-electron chi connectivity index (χ2n) is 5.11. The zero-order valence-corrected chi connectivity index (χ0v) is 15.3. The van der Waals surface area contributed by atoms with E-state index in [0.29, 0.717) is 11.1 Å². The van der Waals surface area contributed by atoms with Gasteiger partial charge in [-0.2, -0.15) is 0 Å². The first-order valence-corrected chi connectivity index (χ1v) is 9.35. The van der Waals surface area contributed by atoms with Gasteiger partial charge in [-0.15, -0.1) is 0 Å². The van der Waals surface area contributed by atoms with Gasteiger partial charge in [0.1, 0.15) is 0 Å². The molecule has 128 valence electrons. The Kier molecular flexibility index (Phi) is 6.15. The number of carbonyl (C=O) groups is 1. The molecule has 1 N–H and O–H groups in total. The first-order valence-electron chi connectivity index (χ1n) is 7.08. The lowest BCUT2D eigenvalue weighted by molar-refractivity contribution is -0.0757. The van der Waals surface area contributed by atoms with Crippen LogP contribution in [0.1, 0.15) is 23.2 Å². The fraction of sp³-hybridized carbons (Fsp3) is 0.500. The van der Waals surface area contributed by atoms with Crippen molar-refractivity contribution in [1.29, 1.82) is 0 Å². The number of ether oxygens (including phenoxy) is 1. The highest BCUT2D eigenvalue weighted by molar-refractivity contribution is 9.10. The Hall–Kier alpha value is -1.00. The minimum Gasteiger partial charge on any atom is -0.377 e. The summed E-state index contributed by atoms with van der Waals surface area (Å²) < 4.78 is 33.2. The van der Waals surface area contributed by atoms with E-state index in [1.807, 2.05) is 0 Å². The number of amides is 1. The highest BCUT2D eigenvalue weighted by atomic mass is 79.9. The highest BCUT2D eigenvalue weighted by Gasteiger charge is 2.23. The molecule has 1 aromatic carbocycles. The Morgan fingerprint density at radius 2 is 2.26 bits per heavy atom. The van der Waals surface area contributed by atoms with Crippen LogP contribution in [0.5, 0.6) is 0 Å². The van der Waals surface area contributed by atoms with Gasteiger partial charge in [-0.25, -0.2) is 18.2 Å². The van der Waals surface area contributed by atoms with Gasteiger partial charge in [0.05, 0.1) is 23.7 Å². The standard InChI is InChI=1S/C14H19BrN2O5S/c1-17(21-2)14(18)12-8-11(5-6-13(12)15)23(19,20)16-9-10-4-3-7-22-10/h5-6,8,10,16H,3-4,7,9H2,1-2H3. The van der Waals surface area contributed by atoms with E-state index < -0.39 is 15.9 Å². The van der Waals surface area contributed by atoms with Gasteiger partial charge in [-0.05, 0) is 47.0 Å². The summed E-state index contributed by atoms with van der Waals surface area (Å²) in [5.41, 5.74) is 0.203. The second-order valence-corrected chi connectivity index (χ2v) is 7.74. The number of carbonyl (C=O) groups excluding carboxylic acids is 1. The molecule has 1 aliphatic heterocycles. The van der Waals surface area contributed by atoms with E-state index in [9.17, 15) is 13.2 Å². The summed E-state index contributed by atoms with van der Waals surface area (Å²) >= 11 is 3.25. The average Bonchev–Trinajstić information content (AvgIpc) is 3.05. The van der Waals surface area contributed by atoms with Crippen LogP contribution in [0.2, 0.25) is 0 Å². The van der Waals surface area contributed by atoms with Gasteiger partial charge in [0.25, 0.3) is 5.91 Å². The molecule has 2 rings (SSSR count). The van der Waals surface area contributed by atoms with Crippen molar-refractivity contribution in [2.75, 3.05) is 27.3 Å². The number of sulfonamides is 1. The molecule has 1 saturated heterocycles. The maximum Gasteiger partial charge on any atom is 0.278 e. The number of hydrogen-bond donors (Lipinski definition) is 1. The molecule has 0 aromatic heterocycles. The molecule has 1 fully saturated rings. The molecule has 23 heavy (non-hydrogen) atoms. The third-order valence-electron chi connectivity index (χ3n) is 3.56. The van der Waals surface area contributed by atoms with Crippen LogP contribution in [0, 0.1) is 0 Å². The topological polar surface area (TPSA) is 84.9 Å². The molecule has 1 aromatic rings. The van der Waals surface area contributed by atoms with Crippen LogP contribution in [-0.2, 0) is 19.6 Å². The number of hydrogen-bond acceptors (Lipinski definition) is 5. The Balaban J connectivity index is 2.19. The number of hydroxylamine groups is 2. The summed E-state index contributed by atoms with van der Waals surface area (Å²) in [5.74, 6) is -0.449. The van der Waals surface area contributed by atoms with Crippen LogP contribution in [0.3, 0.4) is 0 Å². The summed E-state index contributed by atoms with van der Waals surface area (Å²) in [6.45, 7) is 0.881. The summed E-state index contributed by atoms with van der Waals surface area (Å²) in [6.07, 6.45) is 1.68. The Bertz CT molecular complexity index is 674. The molecule has 1 atom stereocenters. The van der Waals surface area contributed by atoms with Crippen LogP contribution < -0.4 is 4.72 Å². The zero-order valence-electron chi connectivity index (χ0n) is 12.9. The van der Waals surface area contributed by atoms with Gasteiger partial charge in [0.2, 0.25) is 10.0 Å². The summed E-state index contributed by atoms with van der Waals surface area (Å²) in [4.78, 5) is 17.0. The first-order chi connectivity index (χ1) is 10.8. The minimum atomic E-state index is -3.72. The summed E-state index contributed by atoms with van der Waals surface area (Å²) in [5, 5.41) is 1.02. The molecular weight excluding hydrogens is 388 g/mol. The quantitative estimate of drug-likeness (QED) is 0.724. The van der Waals surface area contributed by atoms with E-state index in [1.54, 1.807) is 0 Å². The Labute approximate surface area is 144 Å². The molecule has 1 heterocycles. The predicted octanol–water partition coefficient (Wildman–Crippen LogP) is 1.54. The lowest BCUT2D eigenvalue weighted by atomic mass is 10.2. The van der Waals surface area contributed by atoms with Crippen molar-refractivity contribution in [3.63, 3.8) is 0 Å². The van der Waals surface area contributed by atoms with Gasteiger partial charge < -0.3 is 4.74 Å². The first kappa shape index (κ1) is 18.3. The van der Waals surface area contributed by atoms with Crippen LogP contribution in [0.4, 0.5) is 0 Å². The van der Waals surface area contributed by atoms with Crippen molar-refractivity contribution in [3.8, 4) is 0 Å². The van der Waals surface area contributed by atoms with Gasteiger partial charge >= 0.3 is 0 Å². The summed E-state index contributed by atoms with van der Waals surface area (Å²) in [6, 6.07) is 4.28. The van der Waals surface area contributed by atoms with Crippen molar-refractivity contribution in [1.82, 2.24) is 9.79 Å². The maximum absolute atomic E-state index is 12.4. The predicted molar refractivity (Wildman–Crippen MR) is 87.4 cm³/mol. The van der Waals surface area contributed by atoms with Crippen molar-refractivity contribution in [2.24, 2.45) is 0 Å². The SMILES string of the molecule is CON(C)C(=O)c1cc(S(=O)(=O)NCC2CCCO2)ccc1Br. The molecule has 0 aliphatic carbocycles. The Morgan fingerprint density at radius 1 is 1.52 bits per heavy atom. The fourth-order valence-corrected chi connectivity index (χ4v) is 3.69. The molecular formula is C14H19BrN2O5S. The molecule has 9 heteroatoms. The number of rotatable bonds is 6. The smallest absolute Gasteiger partial charge is 0.278 e. The molecule has 1 amide bonds. The number of halogens is 1. The molecule has 0 radical (unpaired) electrons. The van der Waals surface area contributed by atoms with Crippen molar-refractivity contribution in [3.05, 3.63) is 28.2 Å². The monoisotopic (exact) mass is 406 g/mol. The molecule has 7 nitrogen and oxygen atoms in total. The van der Waals surface area contributed by atoms with E-state index >= 15 is 0 Å². The number of nitrogens with zero attached hydrogens (tertiary/aromatic N) is 1. The van der Waals surface area contributed by atoms with E-state index in [4.69, 9.17) is 9.57 Å². The zero-order chi connectivity index (χ0) is 17.0. The van der Waals surface area contributed by atoms with Crippen LogP contribution in [0.25, 0.3) is 0 Å². The highest BCUT2D eigenvalue weighted by Crippen LogP contribution is 2.22. The van der Waals surface area contributed by atoms with E-state index in [0.717, 1.165) is 17.9 Å². The van der Waals surface area contributed by atoms with Gasteiger partial charge in [0.15, 0.2) is 0 Å². The molecule has 0 saturated carbocycles. The molecule has 0 bridgehead atoms. The van der Waals surface area contributed by atoms with Crippen molar-refractivity contribution in [2.45, 2.75) is 23.8 Å². The van der Waals surface area contributed by atoms with Crippen LogP contribution in [-0.4, -0.2) is 52.8 Å². The normalized spacial score (nSPS) is 18.1. The fourth-order valence-electron chi connectivity index (χ4n) is 2.18.